The number of aromatic nitrogens is 3. The standard InChI is InChI=1S/C20H18ClN5O3/c1-11(9-23-19(28)17-10-29-20(24-17)13(3)27)26-7-6-16(25-26)15-5-4-14(8-22)18(21)12(15)2/h4-7,10-11H,9H2,1-3H3,(H,23,28). The molecule has 148 valence electrons. The van der Waals surface area contributed by atoms with Gasteiger partial charge >= 0.3 is 0 Å². The molecule has 1 amide bonds. The van der Waals surface area contributed by atoms with Crippen LogP contribution in [-0.2, 0) is 0 Å². The van der Waals surface area contributed by atoms with E-state index in [9.17, 15) is 9.59 Å². The number of nitriles is 1. The SMILES string of the molecule is CC(=O)c1nc(C(=O)NCC(C)n2ccc(-c3ccc(C#N)c(Cl)c3C)n2)co1. The monoisotopic (exact) mass is 411 g/mol. The number of benzene rings is 1. The van der Waals surface area contributed by atoms with Gasteiger partial charge in [0.1, 0.15) is 12.3 Å². The Hall–Kier alpha value is -3.44. The van der Waals surface area contributed by atoms with Crippen LogP contribution in [0.5, 0.6) is 0 Å². The molecule has 0 aliphatic rings. The second-order valence-electron chi connectivity index (χ2n) is 6.55. The third-order valence-corrected chi connectivity index (χ3v) is 4.93. The zero-order chi connectivity index (χ0) is 21.1. The summed E-state index contributed by atoms with van der Waals surface area (Å²) in [6, 6.07) is 7.25. The van der Waals surface area contributed by atoms with Crippen molar-refractivity contribution in [1.82, 2.24) is 20.1 Å². The molecule has 3 aromatic rings. The Bertz CT molecular complexity index is 1130. The lowest BCUT2D eigenvalue weighted by molar-refractivity contribution is 0.0942. The van der Waals surface area contributed by atoms with Crippen molar-refractivity contribution in [2.24, 2.45) is 0 Å². The van der Waals surface area contributed by atoms with Gasteiger partial charge in [0.05, 0.1) is 22.3 Å². The van der Waals surface area contributed by atoms with Crippen LogP contribution in [-0.4, -0.2) is 33.0 Å². The van der Waals surface area contributed by atoms with E-state index in [-0.39, 0.29) is 23.4 Å². The summed E-state index contributed by atoms with van der Waals surface area (Å²) in [5, 5.41) is 16.8. The van der Waals surface area contributed by atoms with Crippen molar-refractivity contribution in [2.45, 2.75) is 26.8 Å². The molecule has 8 nitrogen and oxygen atoms in total. The lowest BCUT2D eigenvalue weighted by Gasteiger charge is -2.13. The zero-order valence-electron chi connectivity index (χ0n) is 16.1. The van der Waals surface area contributed by atoms with Gasteiger partial charge < -0.3 is 9.73 Å². The van der Waals surface area contributed by atoms with Crippen LogP contribution in [0.25, 0.3) is 11.3 Å². The number of carbonyl (C=O) groups is 2. The highest BCUT2D eigenvalue weighted by Crippen LogP contribution is 2.30. The maximum absolute atomic E-state index is 12.2. The van der Waals surface area contributed by atoms with Crippen LogP contribution in [0.1, 0.15) is 52.2 Å². The Labute approximate surface area is 172 Å². The summed E-state index contributed by atoms with van der Waals surface area (Å²) >= 11 is 6.24. The van der Waals surface area contributed by atoms with Crippen LogP contribution in [0, 0.1) is 18.3 Å². The lowest BCUT2D eigenvalue weighted by Crippen LogP contribution is -2.30. The summed E-state index contributed by atoms with van der Waals surface area (Å²) in [7, 11) is 0. The van der Waals surface area contributed by atoms with Gasteiger partial charge in [-0.1, -0.05) is 17.7 Å². The molecule has 2 heterocycles. The number of Topliss-reactive ketones (excluding diaryl/α,β-unsaturated/α-hetero) is 1. The third kappa shape index (κ3) is 4.20. The molecule has 0 aliphatic carbocycles. The topological polar surface area (TPSA) is 114 Å². The van der Waals surface area contributed by atoms with Crippen molar-refractivity contribution in [2.75, 3.05) is 6.54 Å². The van der Waals surface area contributed by atoms with Crippen LogP contribution in [0.2, 0.25) is 5.02 Å². The molecule has 3 rings (SSSR count). The average molecular weight is 412 g/mol. The fourth-order valence-electron chi connectivity index (χ4n) is 2.74. The molecular formula is C20H18ClN5O3. The molecule has 29 heavy (non-hydrogen) atoms. The van der Waals surface area contributed by atoms with Crippen molar-refractivity contribution >= 4 is 23.3 Å². The summed E-state index contributed by atoms with van der Waals surface area (Å²) in [5.41, 5.74) is 2.80. The minimum atomic E-state index is -0.435. The number of amides is 1. The van der Waals surface area contributed by atoms with E-state index in [1.54, 1.807) is 10.7 Å². The number of oxazole rings is 1. The van der Waals surface area contributed by atoms with Crippen LogP contribution in [0.15, 0.2) is 35.1 Å². The van der Waals surface area contributed by atoms with Crippen molar-refractivity contribution in [1.29, 1.82) is 5.26 Å². The largest absolute Gasteiger partial charge is 0.441 e. The summed E-state index contributed by atoms with van der Waals surface area (Å²) in [6.07, 6.45) is 2.96. The first kappa shape index (κ1) is 20.3. The van der Waals surface area contributed by atoms with Crippen LogP contribution >= 0.6 is 11.6 Å². The fourth-order valence-corrected chi connectivity index (χ4v) is 2.95. The first-order valence-corrected chi connectivity index (χ1v) is 9.19. The highest BCUT2D eigenvalue weighted by atomic mass is 35.5. The van der Waals surface area contributed by atoms with Gasteiger partial charge in [-0.2, -0.15) is 10.4 Å². The molecule has 0 bridgehead atoms. The first-order valence-electron chi connectivity index (χ1n) is 8.81. The Balaban J connectivity index is 1.69. The Kier molecular flexibility index (Phi) is 5.80. The number of ketones is 1. The molecule has 2 aromatic heterocycles. The van der Waals surface area contributed by atoms with E-state index in [2.05, 4.69) is 21.5 Å². The molecule has 0 saturated carbocycles. The molecule has 9 heteroatoms. The second kappa shape index (κ2) is 8.29. The number of rotatable bonds is 6. The minimum Gasteiger partial charge on any atom is -0.441 e. The van der Waals surface area contributed by atoms with Crippen LogP contribution in [0.4, 0.5) is 0 Å². The van der Waals surface area contributed by atoms with Gasteiger partial charge in [0.15, 0.2) is 5.69 Å². The number of nitrogens with zero attached hydrogens (tertiary/aromatic N) is 4. The maximum atomic E-state index is 12.2. The predicted molar refractivity (Wildman–Crippen MR) is 106 cm³/mol. The summed E-state index contributed by atoms with van der Waals surface area (Å²) in [6.45, 7) is 5.36. The van der Waals surface area contributed by atoms with Crippen LogP contribution < -0.4 is 5.32 Å². The van der Waals surface area contributed by atoms with E-state index in [1.165, 1.54) is 6.92 Å². The van der Waals surface area contributed by atoms with Gasteiger partial charge in [0, 0.05) is 25.2 Å². The van der Waals surface area contributed by atoms with Crippen LogP contribution in [0.3, 0.4) is 0 Å². The Morgan fingerprint density at radius 1 is 1.38 bits per heavy atom. The smallest absolute Gasteiger partial charge is 0.273 e. The Morgan fingerprint density at radius 2 is 2.14 bits per heavy atom. The number of halogens is 1. The van der Waals surface area contributed by atoms with Gasteiger partial charge in [-0.05, 0) is 31.5 Å². The number of carbonyl (C=O) groups excluding carboxylic acids is 2. The quantitative estimate of drug-likeness (QED) is 0.620. The highest BCUT2D eigenvalue weighted by Gasteiger charge is 2.17. The van der Waals surface area contributed by atoms with Gasteiger partial charge in [-0.15, -0.1) is 0 Å². The molecule has 1 N–H and O–H groups in total. The summed E-state index contributed by atoms with van der Waals surface area (Å²) in [4.78, 5) is 27.2. The maximum Gasteiger partial charge on any atom is 0.273 e. The van der Waals surface area contributed by atoms with E-state index in [1.807, 2.05) is 32.2 Å². The molecule has 1 atom stereocenters. The van der Waals surface area contributed by atoms with Crippen molar-refractivity contribution in [3.8, 4) is 17.3 Å². The van der Waals surface area contributed by atoms with Crippen molar-refractivity contribution in [3.63, 3.8) is 0 Å². The summed E-state index contributed by atoms with van der Waals surface area (Å²) < 4.78 is 6.69. The molecule has 1 aromatic carbocycles. The lowest BCUT2D eigenvalue weighted by atomic mass is 10.0. The predicted octanol–water partition coefficient (Wildman–Crippen LogP) is 3.57. The third-order valence-electron chi connectivity index (χ3n) is 4.44. The number of nitrogens with one attached hydrogen (secondary N) is 1. The highest BCUT2D eigenvalue weighted by molar-refractivity contribution is 6.32. The molecule has 0 fully saturated rings. The molecule has 0 saturated heterocycles. The van der Waals surface area contributed by atoms with E-state index in [0.29, 0.717) is 17.1 Å². The number of hydrogen-bond acceptors (Lipinski definition) is 6. The zero-order valence-corrected chi connectivity index (χ0v) is 16.8. The Morgan fingerprint density at radius 3 is 2.79 bits per heavy atom. The normalized spacial score (nSPS) is 11.7. The molecule has 0 spiro atoms. The average Bonchev–Trinajstić information content (AvgIpc) is 3.38. The second-order valence-corrected chi connectivity index (χ2v) is 6.92. The van der Waals surface area contributed by atoms with E-state index < -0.39 is 5.91 Å². The van der Waals surface area contributed by atoms with E-state index in [4.69, 9.17) is 21.3 Å². The van der Waals surface area contributed by atoms with Gasteiger partial charge in [-0.3, -0.25) is 14.3 Å². The molecule has 0 aliphatic heterocycles. The molecular weight excluding hydrogens is 394 g/mol. The van der Waals surface area contributed by atoms with Gasteiger partial charge in [0.25, 0.3) is 11.8 Å². The van der Waals surface area contributed by atoms with Gasteiger partial charge in [0.2, 0.25) is 5.78 Å². The summed E-state index contributed by atoms with van der Waals surface area (Å²) in [5.74, 6) is -0.883. The van der Waals surface area contributed by atoms with E-state index in [0.717, 1.165) is 23.1 Å². The first-order chi connectivity index (χ1) is 13.8. The van der Waals surface area contributed by atoms with E-state index >= 15 is 0 Å². The molecule has 1 unspecified atom stereocenters. The minimum absolute atomic E-state index is 0.0476. The molecule has 0 radical (unpaired) electrons. The number of hydrogen-bond donors (Lipinski definition) is 1. The fraction of sp³-hybridized carbons (Fsp3) is 0.250. The van der Waals surface area contributed by atoms with Crippen molar-refractivity contribution in [3.05, 3.63) is 58.4 Å². The van der Waals surface area contributed by atoms with Gasteiger partial charge in [-0.25, -0.2) is 4.98 Å². The van der Waals surface area contributed by atoms with Crippen molar-refractivity contribution < 1.29 is 14.0 Å².